The molecule has 0 aromatic heterocycles. The monoisotopic (exact) mass is 260 g/mol. The van der Waals surface area contributed by atoms with Crippen LogP contribution in [0.5, 0.6) is 0 Å². The second-order valence-electron chi connectivity index (χ2n) is 4.48. The lowest BCUT2D eigenvalue weighted by molar-refractivity contribution is 0.0726. The maximum atomic E-state index is 3.55. The average molecular weight is 261 g/mol. The van der Waals surface area contributed by atoms with Crippen LogP contribution in [-0.2, 0) is 6.54 Å². The molecule has 4 heteroatoms. The fourth-order valence-corrected chi connectivity index (χ4v) is 2.58. The number of rotatable bonds is 2. The van der Waals surface area contributed by atoms with Crippen molar-refractivity contribution in [1.82, 2.24) is 10.2 Å². The molecular formula is C12H18Cl2N2. The van der Waals surface area contributed by atoms with E-state index in [4.69, 9.17) is 0 Å². The van der Waals surface area contributed by atoms with Gasteiger partial charge in [-0.05, 0) is 12.0 Å². The zero-order valence-corrected chi connectivity index (χ0v) is 10.8. The van der Waals surface area contributed by atoms with Gasteiger partial charge in [0.25, 0.3) is 0 Å². The number of halogens is 2. The number of piperidine rings is 1. The molecule has 0 aliphatic carbocycles. The quantitative estimate of drug-likeness (QED) is 0.876. The van der Waals surface area contributed by atoms with Crippen molar-refractivity contribution in [2.45, 2.75) is 25.0 Å². The third-order valence-electron chi connectivity index (χ3n) is 3.25. The number of hydrogen-bond donors (Lipinski definition) is 1. The van der Waals surface area contributed by atoms with E-state index < -0.39 is 0 Å². The van der Waals surface area contributed by atoms with Gasteiger partial charge in [-0.2, -0.15) is 0 Å². The van der Waals surface area contributed by atoms with Crippen molar-refractivity contribution < 1.29 is 0 Å². The minimum atomic E-state index is 0. The van der Waals surface area contributed by atoms with E-state index in [1.807, 2.05) is 0 Å². The van der Waals surface area contributed by atoms with Gasteiger partial charge in [-0.1, -0.05) is 30.3 Å². The van der Waals surface area contributed by atoms with Gasteiger partial charge in [-0.3, -0.25) is 4.90 Å². The Bertz CT molecular complexity index is 302. The van der Waals surface area contributed by atoms with Gasteiger partial charge >= 0.3 is 0 Å². The second kappa shape index (κ2) is 5.87. The molecular weight excluding hydrogens is 243 g/mol. The Morgan fingerprint density at radius 1 is 1.06 bits per heavy atom. The van der Waals surface area contributed by atoms with Crippen LogP contribution in [0.15, 0.2) is 30.3 Å². The SMILES string of the molecule is Cl.Cl.c1ccc(CN2CC3CC(C2)N3)cc1. The van der Waals surface area contributed by atoms with Gasteiger partial charge in [0.05, 0.1) is 0 Å². The van der Waals surface area contributed by atoms with Gasteiger partial charge in [0.2, 0.25) is 0 Å². The molecule has 90 valence electrons. The Hall–Kier alpha value is -0.280. The molecule has 2 bridgehead atoms. The summed E-state index contributed by atoms with van der Waals surface area (Å²) >= 11 is 0. The van der Waals surface area contributed by atoms with Crippen molar-refractivity contribution in [3.8, 4) is 0 Å². The molecule has 2 nitrogen and oxygen atoms in total. The molecule has 1 N–H and O–H groups in total. The van der Waals surface area contributed by atoms with Crippen molar-refractivity contribution in [3.63, 3.8) is 0 Å². The first kappa shape index (κ1) is 13.8. The summed E-state index contributed by atoms with van der Waals surface area (Å²) in [6.45, 7) is 3.58. The van der Waals surface area contributed by atoms with E-state index in [0.717, 1.165) is 18.6 Å². The lowest BCUT2D eigenvalue weighted by Gasteiger charge is -2.48. The predicted octanol–water partition coefficient (Wildman–Crippen LogP) is 2.08. The summed E-state index contributed by atoms with van der Waals surface area (Å²) in [6, 6.07) is 12.3. The molecule has 2 unspecified atom stereocenters. The Morgan fingerprint density at radius 2 is 1.62 bits per heavy atom. The molecule has 0 radical (unpaired) electrons. The van der Waals surface area contributed by atoms with E-state index in [-0.39, 0.29) is 24.8 Å². The molecule has 0 saturated carbocycles. The van der Waals surface area contributed by atoms with Gasteiger partial charge in [0.1, 0.15) is 0 Å². The van der Waals surface area contributed by atoms with Crippen LogP contribution >= 0.6 is 24.8 Å². The number of fused-ring (bicyclic) bond motifs is 2. The highest BCUT2D eigenvalue weighted by Crippen LogP contribution is 2.21. The van der Waals surface area contributed by atoms with Gasteiger partial charge in [-0.25, -0.2) is 0 Å². The van der Waals surface area contributed by atoms with Gasteiger partial charge in [-0.15, -0.1) is 24.8 Å². The molecule has 16 heavy (non-hydrogen) atoms. The number of nitrogens with zero attached hydrogens (tertiary/aromatic N) is 1. The first-order chi connectivity index (χ1) is 6.90. The Morgan fingerprint density at radius 3 is 2.19 bits per heavy atom. The minimum Gasteiger partial charge on any atom is -0.309 e. The highest BCUT2D eigenvalue weighted by Gasteiger charge is 2.35. The van der Waals surface area contributed by atoms with Crippen molar-refractivity contribution in [3.05, 3.63) is 35.9 Å². The standard InChI is InChI=1S/C12H16N2.2ClH/c1-2-4-10(5-3-1)7-14-8-11-6-12(9-14)13-11;;/h1-5,11-13H,6-9H2;2*1H. The topological polar surface area (TPSA) is 15.3 Å². The lowest BCUT2D eigenvalue weighted by atomic mass is 9.91. The van der Waals surface area contributed by atoms with Gasteiger partial charge < -0.3 is 5.32 Å². The van der Waals surface area contributed by atoms with Crippen LogP contribution < -0.4 is 5.32 Å². The molecule has 3 saturated heterocycles. The van der Waals surface area contributed by atoms with Gasteiger partial charge in [0, 0.05) is 31.7 Å². The highest BCUT2D eigenvalue weighted by atomic mass is 35.5. The summed E-state index contributed by atoms with van der Waals surface area (Å²) in [5.74, 6) is 0. The zero-order chi connectivity index (χ0) is 9.38. The third-order valence-corrected chi connectivity index (χ3v) is 3.25. The average Bonchev–Trinajstić information content (AvgIpc) is 2.18. The first-order valence-electron chi connectivity index (χ1n) is 5.42. The molecule has 1 aromatic rings. The molecule has 2 atom stereocenters. The van der Waals surface area contributed by atoms with Crippen molar-refractivity contribution in [1.29, 1.82) is 0 Å². The second-order valence-corrected chi connectivity index (χ2v) is 4.48. The van der Waals surface area contributed by atoms with Crippen LogP contribution in [0.1, 0.15) is 12.0 Å². The Kier molecular flexibility index (Phi) is 5.06. The predicted molar refractivity (Wildman–Crippen MR) is 71.5 cm³/mol. The summed E-state index contributed by atoms with van der Waals surface area (Å²) in [5, 5.41) is 3.55. The fraction of sp³-hybridized carbons (Fsp3) is 0.500. The maximum absolute atomic E-state index is 3.55. The molecule has 3 heterocycles. The lowest BCUT2D eigenvalue weighted by Crippen LogP contribution is -2.66. The van der Waals surface area contributed by atoms with Crippen LogP contribution in [0.3, 0.4) is 0 Å². The van der Waals surface area contributed by atoms with E-state index in [0.29, 0.717) is 0 Å². The number of nitrogens with one attached hydrogen (secondary N) is 1. The first-order valence-corrected chi connectivity index (χ1v) is 5.42. The van der Waals surface area contributed by atoms with Crippen LogP contribution in [0.2, 0.25) is 0 Å². The molecule has 1 aromatic carbocycles. The fourth-order valence-electron chi connectivity index (χ4n) is 2.58. The summed E-state index contributed by atoms with van der Waals surface area (Å²) in [5.41, 5.74) is 1.44. The van der Waals surface area contributed by atoms with Crippen molar-refractivity contribution in [2.24, 2.45) is 0 Å². The van der Waals surface area contributed by atoms with E-state index in [2.05, 4.69) is 40.5 Å². The zero-order valence-electron chi connectivity index (χ0n) is 9.13. The van der Waals surface area contributed by atoms with Crippen LogP contribution in [0, 0.1) is 0 Å². The smallest absolute Gasteiger partial charge is 0.0235 e. The Labute approximate surface area is 109 Å². The van der Waals surface area contributed by atoms with Crippen molar-refractivity contribution >= 4 is 24.8 Å². The van der Waals surface area contributed by atoms with Crippen LogP contribution in [-0.4, -0.2) is 30.1 Å². The summed E-state index contributed by atoms with van der Waals surface area (Å²) in [7, 11) is 0. The van der Waals surface area contributed by atoms with Crippen molar-refractivity contribution in [2.75, 3.05) is 13.1 Å². The number of hydrogen-bond acceptors (Lipinski definition) is 2. The van der Waals surface area contributed by atoms with Crippen LogP contribution in [0.4, 0.5) is 0 Å². The van der Waals surface area contributed by atoms with Crippen LogP contribution in [0.25, 0.3) is 0 Å². The molecule has 0 amide bonds. The number of benzene rings is 1. The Balaban J connectivity index is 0.000000640. The van der Waals surface area contributed by atoms with E-state index >= 15 is 0 Å². The normalized spacial score (nSPS) is 27.2. The molecule has 3 aliphatic rings. The molecule has 0 spiro atoms. The van der Waals surface area contributed by atoms with E-state index in [9.17, 15) is 0 Å². The number of piperazine rings is 1. The molecule has 3 fully saturated rings. The molecule has 4 rings (SSSR count). The van der Waals surface area contributed by atoms with E-state index in [1.54, 1.807) is 0 Å². The summed E-state index contributed by atoms with van der Waals surface area (Å²) < 4.78 is 0. The maximum Gasteiger partial charge on any atom is 0.0235 e. The largest absolute Gasteiger partial charge is 0.309 e. The summed E-state index contributed by atoms with van der Waals surface area (Å²) in [6.07, 6.45) is 1.39. The third kappa shape index (κ3) is 2.89. The summed E-state index contributed by atoms with van der Waals surface area (Å²) in [4.78, 5) is 2.56. The molecule has 3 aliphatic heterocycles. The van der Waals surface area contributed by atoms with Gasteiger partial charge in [0.15, 0.2) is 0 Å². The highest BCUT2D eigenvalue weighted by molar-refractivity contribution is 5.85. The van der Waals surface area contributed by atoms with E-state index in [1.165, 1.54) is 25.1 Å². The minimum absolute atomic E-state index is 0.